The maximum atomic E-state index is 12.1. The van der Waals surface area contributed by atoms with Crippen LogP contribution in [0.4, 0.5) is 0 Å². The molecule has 0 bridgehead atoms. The van der Waals surface area contributed by atoms with Gasteiger partial charge in [-0.2, -0.15) is 0 Å². The van der Waals surface area contributed by atoms with Gasteiger partial charge >= 0.3 is 0 Å². The van der Waals surface area contributed by atoms with E-state index in [-0.39, 0.29) is 23.5 Å². The fraction of sp³-hybridized carbons (Fsp3) is 0.133. The van der Waals surface area contributed by atoms with Crippen LogP contribution in [0.15, 0.2) is 30.3 Å². The second-order valence-corrected chi connectivity index (χ2v) is 4.79. The largest absolute Gasteiger partial charge is 0.508 e. The van der Waals surface area contributed by atoms with E-state index in [4.69, 9.17) is 4.74 Å². The number of phenols is 4. The van der Waals surface area contributed by atoms with Crippen molar-refractivity contribution in [2.45, 2.75) is 12.5 Å². The van der Waals surface area contributed by atoms with Crippen LogP contribution in [0.2, 0.25) is 0 Å². The van der Waals surface area contributed by atoms with E-state index < -0.39 is 29.1 Å². The molecule has 1 heterocycles. The Kier molecular flexibility index (Phi) is 2.86. The van der Waals surface area contributed by atoms with E-state index in [1.165, 1.54) is 12.1 Å². The van der Waals surface area contributed by atoms with Crippen molar-refractivity contribution in [3.63, 3.8) is 0 Å². The highest BCUT2D eigenvalue weighted by Crippen LogP contribution is 2.48. The molecule has 0 radical (unpaired) electrons. The molecule has 1 atom stereocenters. The highest BCUT2D eigenvalue weighted by atomic mass is 16.5. The molecule has 0 spiro atoms. The summed E-state index contributed by atoms with van der Waals surface area (Å²) >= 11 is 0. The summed E-state index contributed by atoms with van der Waals surface area (Å²) in [5, 5.41) is 38.3. The second-order valence-electron chi connectivity index (χ2n) is 4.79. The summed E-state index contributed by atoms with van der Waals surface area (Å²) in [7, 11) is 0. The molecule has 0 fully saturated rings. The van der Waals surface area contributed by atoms with Gasteiger partial charge in [0.25, 0.3) is 0 Å². The van der Waals surface area contributed by atoms with E-state index in [2.05, 4.69) is 0 Å². The predicted octanol–water partition coefficient (Wildman–Crippen LogP) is 2.22. The van der Waals surface area contributed by atoms with E-state index >= 15 is 0 Å². The third kappa shape index (κ3) is 2.10. The number of hydrogen-bond acceptors (Lipinski definition) is 6. The molecule has 6 nitrogen and oxygen atoms in total. The average Bonchev–Trinajstić information content (AvgIpc) is 2.44. The molecule has 0 saturated heterocycles. The summed E-state index contributed by atoms with van der Waals surface area (Å²) < 4.78 is 5.55. The predicted molar refractivity (Wildman–Crippen MR) is 71.9 cm³/mol. The Morgan fingerprint density at radius 2 is 1.67 bits per heavy atom. The maximum absolute atomic E-state index is 12.1. The van der Waals surface area contributed by atoms with Crippen LogP contribution in [0.5, 0.6) is 28.7 Å². The SMILES string of the molecule is O=C1C[C@@H](c2ccc(O)cc2)Oc2c(O)c(O)cc(O)c21. The standard InChI is InChI=1S/C15H12O6/c16-8-3-1-7(2-4-8)12-6-10(18)13-9(17)5-11(19)14(20)15(13)21-12/h1-5,12,16-17,19-20H,6H2/t12-/m0/s1. The Morgan fingerprint density at radius 1 is 1.00 bits per heavy atom. The van der Waals surface area contributed by atoms with Crippen molar-refractivity contribution in [1.29, 1.82) is 0 Å². The first-order chi connectivity index (χ1) is 9.97. The number of phenolic OH excluding ortho intramolecular Hbond substituents is 4. The second kappa shape index (κ2) is 4.59. The van der Waals surface area contributed by atoms with Gasteiger partial charge in [-0.05, 0) is 17.7 Å². The van der Waals surface area contributed by atoms with Crippen LogP contribution in [0.3, 0.4) is 0 Å². The number of rotatable bonds is 1. The fourth-order valence-corrected chi connectivity index (χ4v) is 2.33. The molecule has 2 aromatic carbocycles. The number of benzene rings is 2. The van der Waals surface area contributed by atoms with Gasteiger partial charge in [0.1, 0.15) is 23.2 Å². The fourth-order valence-electron chi connectivity index (χ4n) is 2.33. The number of hydrogen-bond donors (Lipinski definition) is 4. The smallest absolute Gasteiger partial charge is 0.201 e. The van der Waals surface area contributed by atoms with Crippen molar-refractivity contribution in [2.75, 3.05) is 0 Å². The van der Waals surface area contributed by atoms with Crippen molar-refractivity contribution in [1.82, 2.24) is 0 Å². The minimum absolute atomic E-state index is 0.0183. The van der Waals surface area contributed by atoms with Gasteiger partial charge in [-0.25, -0.2) is 0 Å². The summed E-state index contributed by atoms with van der Waals surface area (Å²) in [5.74, 6) is -2.14. The summed E-state index contributed by atoms with van der Waals surface area (Å²) in [6, 6.07) is 7.00. The van der Waals surface area contributed by atoms with Crippen molar-refractivity contribution in [3.05, 3.63) is 41.5 Å². The number of Topliss-reactive ketones (excluding diaryl/α,β-unsaturated/α-hetero) is 1. The van der Waals surface area contributed by atoms with Crippen LogP contribution in [-0.4, -0.2) is 26.2 Å². The van der Waals surface area contributed by atoms with Gasteiger partial charge in [-0.3, -0.25) is 4.79 Å². The number of carbonyl (C=O) groups excluding carboxylic acids is 1. The number of fused-ring (bicyclic) bond motifs is 1. The zero-order valence-corrected chi connectivity index (χ0v) is 10.8. The lowest BCUT2D eigenvalue weighted by molar-refractivity contribution is 0.0836. The highest BCUT2D eigenvalue weighted by molar-refractivity contribution is 6.03. The highest BCUT2D eigenvalue weighted by Gasteiger charge is 2.33. The van der Waals surface area contributed by atoms with E-state index in [9.17, 15) is 25.2 Å². The molecule has 3 rings (SSSR count). The van der Waals surface area contributed by atoms with Gasteiger partial charge in [0.2, 0.25) is 5.75 Å². The summed E-state index contributed by atoms with van der Waals surface area (Å²) in [4.78, 5) is 12.1. The quantitative estimate of drug-likeness (QED) is 0.473. The van der Waals surface area contributed by atoms with Crippen molar-refractivity contribution >= 4 is 5.78 Å². The van der Waals surface area contributed by atoms with Crippen molar-refractivity contribution in [2.24, 2.45) is 0 Å². The van der Waals surface area contributed by atoms with Crippen LogP contribution in [0, 0.1) is 0 Å². The molecule has 0 aliphatic carbocycles. The Hall–Kier alpha value is -2.89. The Bertz CT molecular complexity index is 720. The number of ketones is 1. The number of aromatic hydroxyl groups is 4. The van der Waals surface area contributed by atoms with Crippen LogP contribution < -0.4 is 4.74 Å². The molecule has 0 aromatic heterocycles. The first kappa shape index (κ1) is 13.1. The van der Waals surface area contributed by atoms with Gasteiger partial charge in [-0.15, -0.1) is 0 Å². The minimum Gasteiger partial charge on any atom is -0.508 e. The zero-order valence-electron chi connectivity index (χ0n) is 10.8. The molecule has 2 aromatic rings. The van der Waals surface area contributed by atoms with Gasteiger partial charge in [0, 0.05) is 6.07 Å². The molecule has 6 heteroatoms. The molecule has 0 unspecified atom stereocenters. The van der Waals surface area contributed by atoms with Gasteiger partial charge in [0.05, 0.1) is 6.42 Å². The van der Waals surface area contributed by atoms with E-state index in [0.29, 0.717) is 5.56 Å². The van der Waals surface area contributed by atoms with E-state index in [1.54, 1.807) is 12.1 Å². The Labute approximate surface area is 119 Å². The molecule has 1 aliphatic heterocycles. The molecule has 0 saturated carbocycles. The van der Waals surface area contributed by atoms with Crippen LogP contribution >= 0.6 is 0 Å². The van der Waals surface area contributed by atoms with Crippen molar-refractivity contribution < 1.29 is 30.0 Å². The minimum atomic E-state index is -0.669. The van der Waals surface area contributed by atoms with E-state index in [0.717, 1.165) is 6.07 Å². The van der Waals surface area contributed by atoms with Crippen LogP contribution in [-0.2, 0) is 0 Å². The summed E-state index contributed by atoms with van der Waals surface area (Å²) in [6.07, 6.45) is -0.687. The maximum Gasteiger partial charge on any atom is 0.201 e. The third-order valence-corrected chi connectivity index (χ3v) is 3.39. The Morgan fingerprint density at radius 3 is 2.33 bits per heavy atom. The first-order valence-corrected chi connectivity index (χ1v) is 6.24. The average molecular weight is 288 g/mol. The van der Waals surface area contributed by atoms with Crippen LogP contribution in [0.1, 0.15) is 28.4 Å². The topological polar surface area (TPSA) is 107 Å². The Balaban J connectivity index is 2.06. The summed E-state index contributed by atoms with van der Waals surface area (Å²) in [6.45, 7) is 0. The lowest BCUT2D eigenvalue weighted by atomic mass is 9.95. The van der Waals surface area contributed by atoms with Crippen molar-refractivity contribution in [3.8, 4) is 28.7 Å². The lowest BCUT2D eigenvalue weighted by Gasteiger charge is -2.26. The lowest BCUT2D eigenvalue weighted by Crippen LogP contribution is -2.20. The van der Waals surface area contributed by atoms with Crippen LogP contribution in [0.25, 0.3) is 0 Å². The molecule has 108 valence electrons. The zero-order chi connectivity index (χ0) is 15.1. The monoisotopic (exact) mass is 288 g/mol. The van der Waals surface area contributed by atoms with Gasteiger partial charge < -0.3 is 25.2 Å². The first-order valence-electron chi connectivity index (χ1n) is 6.24. The molecule has 21 heavy (non-hydrogen) atoms. The molecule has 4 N–H and O–H groups in total. The third-order valence-electron chi connectivity index (χ3n) is 3.39. The number of carbonyl (C=O) groups is 1. The van der Waals surface area contributed by atoms with E-state index in [1.807, 2.05) is 0 Å². The summed E-state index contributed by atoms with van der Waals surface area (Å²) in [5.41, 5.74) is 0.495. The molecular formula is C15H12O6. The number of ether oxygens (including phenoxy) is 1. The normalized spacial score (nSPS) is 17.1. The van der Waals surface area contributed by atoms with Gasteiger partial charge in [-0.1, -0.05) is 12.1 Å². The molecule has 0 amide bonds. The van der Waals surface area contributed by atoms with Gasteiger partial charge in [0.15, 0.2) is 17.3 Å². The molecular weight excluding hydrogens is 276 g/mol. The molecule has 1 aliphatic rings.